The van der Waals surface area contributed by atoms with Gasteiger partial charge in [-0.15, -0.1) is 0 Å². The minimum absolute atomic E-state index is 0.156. The van der Waals surface area contributed by atoms with Crippen molar-refractivity contribution < 1.29 is 9.53 Å². The van der Waals surface area contributed by atoms with Crippen LogP contribution in [0.2, 0.25) is 5.02 Å². The van der Waals surface area contributed by atoms with Gasteiger partial charge in [-0.2, -0.15) is 0 Å². The molecule has 3 N–H and O–H groups in total. The zero-order chi connectivity index (χ0) is 14.5. The number of methoxy groups -OCH3 is 1. The smallest absolute Gasteiger partial charge is 0.251 e. The molecular weight excluding hydrogens is 276 g/mol. The third-order valence-corrected chi connectivity index (χ3v) is 3.11. The van der Waals surface area contributed by atoms with Crippen LogP contribution in [-0.2, 0) is 6.54 Å². The van der Waals surface area contributed by atoms with Crippen LogP contribution in [0.1, 0.15) is 15.9 Å². The summed E-state index contributed by atoms with van der Waals surface area (Å²) in [6, 6.07) is 12.1. The molecule has 0 spiro atoms. The van der Waals surface area contributed by atoms with Gasteiger partial charge in [-0.3, -0.25) is 4.79 Å². The van der Waals surface area contributed by atoms with Crippen LogP contribution >= 0.6 is 11.6 Å². The Bertz CT molecular complexity index is 612. The van der Waals surface area contributed by atoms with Gasteiger partial charge >= 0.3 is 0 Å². The van der Waals surface area contributed by atoms with Crippen molar-refractivity contribution in [3.63, 3.8) is 0 Å². The maximum Gasteiger partial charge on any atom is 0.251 e. The second-order valence-corrected chi connectivity index (χ2v) is 4.70. The van der Waals surface area contributed by atoms with Crippen molar-refractivity contribution in [1.82, 2.24) is 5.32 Å². The van der Waals surface area contributed by atoms with Crippen LogP contribution in [0.3, 0.4) is 0 Å². The summed E-state index contributed by atoms with van der Waals surface area (Å²) in [6.45, 7) is 0.398. The van der Waals surface area contributed by atoms with Gasteiger partial charge in [-0.25, -0.2) is 0 Å². The minimum Gasteiger partial charge on any atom is -0.495 e. The van der Waals surface area contributed by atoms with Crippen molar-refractivity contribution in [2.24, 2.45) is 0 Å². The lowest BCUT2D eigenvalue weighted by molar-refractivity contribution is 0.0951. The van der Waals surface area contributed by atoms with Gasteiger partial charge in [0.25, 0.3) is 5.91 Å². The molecule has 0 atom stereocenters. The summed E-state index contributed by atoms with van der Waals surface area (Å²) < 4.78 is 5.08. The molecule has 104 valence electrons. The van der Waals surface area contributed by atoms with E-state index in [0.29, 0.717) is 28.6 Å². The Morgan fingerprint density at radius 2 is 1.95 bits per heavy atom. The number of nitrogen functional groups attached to an aromatic ring is 1. The van der Waals surface area contributed by atoms with Crippen molar-refractivity contribution in [2.45, 2.75) is 6.54 Å². The molecular formula is C15H15ClN2O2. The van der Waals surface area contributed by atoms with Gasteiger partial charge in [0.2, 0.25) is 0 Å². The van der Waals surface area contributed by atoms with Crippen LogP contribution in [0.4, 0.5) is 5.69 Å². The van der Waals surface area contributed by atoms with Gasteiger partial charge in [0.1, 0.15) is 5.75 Å². The molecule has 2 rings (SSSR count). The van der Waals surface area contributed by atoms with Crippen LogP contribution in [0.15, 0.2) is 42.5 Å². The first-order valence-electron chi connectivity index (χ1n) is 6.06. The summed E-state index contributed by atoms with van der Waals surface area (Å²) in [7, 11) is 1.56. The molecule has 0 aliphatic rings. The molecule has 5 heteroatoms. The van der Waals surface area contributed by atoms with Gasteiger partial charge in [0.05, 0.1) is 12.8 Å². The van der Waals surface area contributed by atoms with Crippen molar-refractivity contribution in [2.75, 3.05) is 12.8 Å². The topological polar surface area (TPSA) is 64.3 Å². The molecule has 1 amide bonds. The largest absolute Gasteiger partial charge is 0.495 e. The van der Waals surface area contributed by atoms with E-state index in [1.807, 2.05) is 6.07 Å². The van der Waals surface area contributed by atoms with E-state index < -0.39 is 0 Å². The molecule has 0 bridgehead atoms. The molecule has 0 aliphatic carbocycles. The normalized spacial score (nSPS) is 10.1. The van der Waals surface area contributed by atoms with Gasteiger partial charge in [0, 0.05) is 17.1 Å². The molecule has 2 aromatic carbocycles. The highest BCUT2D eigenvalue weighted by atomic mass is 35.5. The Labute approximate surface area is 122 Å². The molecule has 0 aromatic heterocycles. The average molecular weight is 291 g/mol. The maximum absolute atomic E-state index is 11.9. The predicted octanol–water partition coefficient (Wildman–Crippen LogP) is 2.86. The number of carbonyl (C=O) groups is 1. The predicted molar refractivity (Wildman–Crippen MR) is 80.0 cm³/mol. The lowest BCUT2D eigenvalue weighted by atomic mass is 10.1. The summed E-state index contributed by atoms with van der Waals surface area (Å²) >= 11 is 5.78. The van der Waals surface area contributed by atoms with Gasteiger partial charge in [0.15, 0.2) is 0 Å². The van der Waals surface area contributed by atoms with E-state index >= 15 is 0 Å². The number of rotatable bonds is 4. The van der Waals surface area contributed by atoms with Crippen molar-refractivity contribution in [1.29, 1.82) is 0 Å². The van der Waals surface area contributed by atoms with E-state index in [2.05, 4.69) is 5.32 Å². The number of carbonyl (C=O) groups excluding carboxylic acids is 1. The quantitative estimate of drug-likeness (QED) is 0.851. The Morgan fingerprint density at radius 3 is 2.55 bits per heavy atom. The first-order chi connectivity index (χ1) is 9.60. The minimum atomic E-state index is -0.156. The number of amides is 1. The number of hydrogen-bond acceptors (Lipinski definition) is 3. The molecule has 0 fully saturated rings. The van der Waals surface area contributed by atoms with E-state index in [9.17, 15) is 4.79 Å². The Balaban J connectivity index is 1.99. The first kappa shape index (κ1) is 14.2. The van der Waals surface area contributed by atoms with Crippen LogP contribution in [0.25, 0.3) is 0 Å². The van der Waals surface area contributed by atoms with E-state index in [0.717, 1.165) is 5.56 Å². The fraction of sp³-hybridized carbons (Fsp3) is 0.133. The standard InChI is InChI=1S/C15H15ClN2O2/c1-20-14-7-2-10(8-13(14)17)9-18-15(19)11-3-5-12(16)6-4-11/h2-8H,9,17H2,1H3,(H,18,19). The monoisotopic (exact) mass is 290 g/mol. The van der Waals surface area contributed by atoms with E-state index in [1.54, 1.807) is 43.5 Å². The number of nitrogens with one attached hydrogen (secondary N) is 1. The van der Waals surface area contributed by atoms with Gasteiger partial charge in [-0.05, 0) is 42.0 Å². The van der Waals surface area contributed by atoms with Crippen molar-refractivity contribution >= 4 is 23.2 Å². The highest BCUT2D eigenvalue weighted by Crippen LogP contribution is 2.21. The summed E-state index contributed by atoms with van der Waals surface area (Å²) in [5.41, 5.74) is 7.83. The number of benzene rings is 2. The molecule has 0 saturated carbocycles. The second-order valence-electron chi connectivity index (χ2n) is 4.27. The molecule has 0 radical (unpaired) electrons. The Hall–Kier alpha value is -2.20. The summed E-state index contributed by atoms with van der Waals surface area (Å²) in [6.07, 6.45) is 0. The third kappa shape index (κ3) is 3.42. The van der Waals surface area contributed by atoms with E-state index in [1.165, 1.54) is 0 Å². The molecule has 2 aromatic rings. The van der Waals surface area contributed by atoms with Crippen LogP contribution in [0.5, 0.6) is 5.75 Å². The van der Waals surface area contributed by atoms with E-state index in [4.69, 9.17) is 22.1 Å². The highest BCUT2D eigenvalue weighted by Gasteiger charge is 2.06. The second kappa shape index (κ2) is 6.30. The summed E-state index contributed by atoms with van der Waals surface area (Å²) in [5.74, 6) is 0.467. The Morgan fingerprint density at radius 1 is 1.25 bits per heavy atom. The summed E-state index contributed by atoms with van der Waals surface area (Å²) in [4.78, 5) is 11.9. The molecule has 0 heterocycles. The number of anilines is 1. The third-order valence-electron chi connectivity index (χ3n) is 2.85. The fourth-order valence-electron chi connectivity index (χ4n) is 1.78. The fourth-order valence-corrected chi connectivity index (χ4v) is 1.91. The van der Waals surface area contributed by atoms with Crippen molar-refractivity contribution in [3.05, 3.63) is 58.6 Å². The first-order valence-corrected chi connectivity index (χ1v) is 6.44. The zero-order valence-corrected chi connectivity index (χ0v) is 11.8. The highest BCUT2D eigenvalue weighted by molar-refractivity contribution is 6.30. The van der Waals surface area contributed by atoms with Gasteiger partial charge in [-0.1, -0.05) is 17.7 Å². The molecule has 20 heavy (non-hydrogen) atoms. The van der Waals surface area contributed by atoms with Gasteiger partial charge < -0.3 is 15.8 Å². The zero-order valence-electron chi connectivity index (χ0n) is 11.0. The molecule has 4 nitrogen and oxygen atoms in total. The van der Waals surface area contributed by atoms with Crippen LogP contribution in [-0.4, -0.2) is 13.0 Å². The lowest BCUT2D eigenvalue weighted by Gasteiger charge is -2.08. The number of nitrogens with two attached hydrogens (primary N) is 1. The van der Waals surface area contributed by atoms with E-state index in [-0.39, 0.29) is 5.91 Å². The average Bonchev–Trinajstić information content (AvgIpc) is 2.45. The maximum atomic E-state index is 11.9. The molecule has 0 saturated heterocycles. The number of hydrogen-bond donors (Lipinski definition) is 2. The van der Waals surface area contributed by atoms with Crippen LogP contribution in [0, 0.1) is 0 Å². The van der Waals surface area contributed by atoms with Crippen LogP contribution < -0.4 is 15.8 Å². The number of halogens is 1. The lowest BCUT2D eigenvalue weighted by Crippen LogP contribution is -2.22. The number of ether oxygens (including phenoxy) is 1. The SMILES string of the molecule is COc1ccc(CNC(=O)c2ccc(Cl)cc2)cc1N. The molecule has 0 unspecified atom stereocenters. The van der Waals surface area contributed by atoms with Crippen molar-refractivity contribution in [3.8, 4) is 5.75 Å². The molecule has 0 aliphatic heterocycles. The Kier molecular flexibility index (Phi) is 4.48. The summed E-state index contributed by atoms with van der Waals surface area (Å²) in [5, 5.41) is 3.42.